The number of halogens is 1. The van der Waals surface area contributed by atoms with Gasteiger partial charge in [0.25, 0.3) is 0 Å². The van der Waals surface area contributed by atoms with Crippen molar-refractivity contribution in [3.8, 4) is 0 Å². The van der Waals surface area contributed by atoms with Crippen LogP contribution in [0.4, 0.5) is 0 Å². The predicted octanol–water partition coefficient (Wildman–Crippen LogP) is 4.51. The molecule has 0 aromatic heterocycles. The fourth-order valence-electron chi connectivity index (χ4n) is 1.69. The van der Waals surface area contributed by atoms with Gasteiger partial charge in [0.1, 0.15) is 6.61 Å². The Labute approximate surface area is 114 Å². The maximum absolute atomic E-state index is 11.7. The summed E-state index contributed by atoms with van der Waals surface area (Å²) in [5.74, 6) is 0.0141. The van der Waals surface area contributed by atoms with Gasteiger partial charge in [0, 0.05) is 17.2 Å². The lowest BCUT2D eigenvalue weighted by atomic mass is 10.1. The molecule has 2 nitrogen and oxygen atoms in total. The van der Waals surface area contributed by atoms with Crippen LogP contribution in [-0.4, -0.2) is 19.0 Å². The average molecular weight is 269 g/mol. The number of unbranched alkanes of at least 4 members (excludes halogenated alkanes) is 4. The largest absolute Gasteiger partial charge is 0.373 e. The molecule has 0 amide bonds. The summed E-state index contributed by atoms with van der Waals surface area (Å²) >= 11 is 5.76. The average Bonchev–Trinajstić information content (AvgIpc) is 2.38. The molecule has 0 N–H and O–H groups in total. The van der Waals surface area contributed by atoms with Crippen LogP contribution in [0.5, 0.6) is 0 Å². The van der Waals surface area contributed by atoms with Crippen LogP contribution in [0.3, 0.4) is 0 Å². The molecular weight excluding hydrogens is 248 g/mol. The fraction of sp³-hybridized carbons (Fsp3) is 0.533. The molecule has 0 aliphatic carbocycles. The summed E-state index contributed by atoms with van der Waals surface area (Å²) in [4.78, 5) is 11.7. The number of carbonyl (C=O) groups excluding carboxylic acids is 1. The second-order valence-corrected chi connectivity index (χ2v) is 4.83. The van der Waals surface area contributed by atoms with Crippen LogP contribution >= 0.6 is 11.6 Å². The predicted molar refractivity (Wildman–Crippen MR) is 75.4 cm³/mol. The van der Waals surface area contributed by atoms with Crippen molar-refractivity contribution in [3.05, 3.63) is 34.9 Å². The Morgan fingerprint density at radius 2 is 1.78 bits per heavy atom. The first-order valence-corrected chi connectivity index (χ1v) is 6.98. The molecule has 0 saturated carbocycles. The van der Waals surface area contributed by atoms with Gasteiger partial charge in [0.15, 0.2) is 5.78 Å². The summed E-state index contributed by atoms with van der Waals surface area (Å²) < 4.78 is 5.38. The molecule has 100 valence electrons. The molecule has 0 aliphatic heterocycles. The van der Waals surface area contributed by atoms with Crippen molar-refractivity contribution in [1.29, 1.82) is 0 Å². The van der Waals surface area contributed by atoms with Crippen LogP contribution < -0.4 is 0 Å². The second kappa shape index (κ2) is 9.12. The molecule has 0 spiro atoms. The molecule has 0 saturated heterocycles. The Morgan fingerprint density at radius 3 is 2.44 bits per heavy atom. The SMILES string of the molecule is CCCCCCCOCC(=O)c1ccc(Cl)cc1. The first-order chi connectivity index (χ1) is 8.74. The van der Waals surface area contributed by atoms with Crippen molar-refractivity contribution in [1.82, 2.24) is 0 Å². The maximum Gasteiger partial charge on any atom is 0.188 e. The van der Waals surface area contributed by atoms with Crippen LogP contribution in [0.25, 0.3) is 0 Å². The Morgan fingerprint density at radius 1 is 1.11 bits per heavy atom. The molecule has 0 atom stereocenters. The van der Waals surface area contributed by atoms with E-state index in [1.165, 1.54) is 25.7 Å². The van der Waals surface area contributed by atoms with Crippen molar-refractivity contribution in [3.63, 3.8) is 0 Å². The number of ketones is 1. The number of hydrogen-bond donors (Lipinski definition) is 0. The highest BCUT2D eigenvalue weighted by Crippen LogP contribution is 2.10. The van der Waals surface area contributed by atoms with Gasteiger partial charge in [0.05, 0.1) is 0 Å². The molecule has 18 heavy (non-hydrogen) atoms. The van der Waals surface area contributed by atoms with Crippen molar-refractivity contribution in [2.75, 3.05) is 13.2 Å². The Kier molecular flexibility index (Phi) is 7.70. The fourth-order valence-corrected chi connectivity index (χ4v) is 1.82. The molecule has 0 aliphatic rings. The third-order valence-corrected chi connectivity index (χ3v) is 3.04. The van der Waals surface area contributed by atoms with Gasteiger partial charge in [-0.05, 0) is 30.7 Å². The zero-order chi connectivity index (χ0) is 13.2. The second-order valence-electron chi connectivity index (χ2n) is 4.40. The van der Waals surface area contributed by atoms with E-state index in [9.17, 15) is 4.79 Å². The summed E-state index contributed by atoms with van der Waals surface area (Å²) in [5.41, 5.74) is 0.658. The van der Waals surface area contributed by atoms with E-state index in [0.717, 1.165) is 6.42 Å². The Hall–Kier alpha value is -0.860. The molecule has 3 heteroatoms. The van der Waals surface area contributed by atoms with Gasteiger partial charge in [-0.25, -0.2) is 0 Å². The maximum atomic E-state index is 11.7. The summed E-state index contributed by atoms with van der Waals surface area (Å²) in [6.45, 7) is 3.03. The Bertz CT molecular complexity index is 346. The number of carbonyl (C=O) groups is 1. The molecule has 1 rings (SSSR count). The zero-order valence-electron chi connectivity index (χ0n) is 11.0. The highest BCUT2D eigenvalue weighted by atomic mass is 35.5. The Balaban J connectivity index is 2.12. The van der Waals surface area contributed by atoms with E-state index in [2.05, 4.69) is 6.92 Å². The lowest BCUT2D eigenvalue weighted by Crippen LogP contribution is -2.09. The quantitative estimate of drug-likeness (QED) is 0.487. The van der Waals surface area contributed by atoms with E-state index >= 15 is 0 Å². The van der Waals surface area contributed by atoms with E-state index in [1.807, 2.05) is 0 Å². The molecule has 0 unspecified atom stereocenters. The van der Waals surface area contributed by atoms with Crippen LogP contribution in [0.1, 0.15) is 49.4 Å². The summed E-state index contributed by atoms with van der Waals surface area (Å²) in [6.07, 6.45) is 6.00. The zero-order valence-corrected chi connectivity index (χ0v) is 11.7. The van der Waals surface area contributed by atoms with E-state index in [0.29, 0.717) is 17.2 Å². The van der Waals surface area contributed by atoms with Crippen molar-refractivity contribution >= 4 is 17.4 Å². The summed E-state index contributed by atoms with van der Waals surface area (Å²) in [5, 5.41) is 0.642. The molecule has 1 aromatic rings. The first kappa shape index (κ1) is 15.2. The topological polar surface area (TPSA) is 26.3 Å². The van der Waals surface area contributed by atoms with Crippen LogP contribution in [-0.2, 0) is 4.74 Å². The molecule has 0 bridgehead atoms. The van der Waals surface area contributed by atoms with Gasteiger partial charge < -0.3 is 4.74 Å². The smallest absolute Gasteiger partial charge is 0.188 e. The highest BCUT2D eigenvalue weighted by molar-refractivity contribution is 6.30. The minimum Gasteiger partial charge on any atom is -0.373 e. The summed E-state index contributed by atoms with van der Waals surface area (Å²) in [7, 11) is 0. The molecule has 1 aromatic carbocycles. The number of rotatable bonds is 9. The van der Waals surface area contributed by atoms with E-state index < -0.39 is 0 Å². The molecular formula is C15H21ClO2. The van der Waals surface area contributed by atoms with E-state index in [4.69, 9.17) is 16.3 Å². The number of benzene rings is 1. The lowest BCUT2D eigenvalue weighted by Gasteiger charge is -2.04. The van der Waals surface area contributed by atoms with Crippen LogP contribution in [0, 0.1) is 0 Å². The third kappa shape index (κ3) is 6.18. The number of Topliss-reactive ketones (excluding diaryl/α,β-unsaturated/α-hetero) is 1. The molecule has 0 heterocycles. The molecule has 0 fully saturated rings. The van der Waals surface area contributed by atoms with Gasteiger partial charge in [-0.1, -0.05) is 44.2 Å². The van der Waals surface area contributed by atoms with Gasteiger partial charge in [-0.2, -0.15) is 0 Å². The number of ether oxygens (including phenoxy) is 1. The van der Waals surface area contributed by atoms with Crippen molar-refractivity contribution < 1.29 is 9.53 Å². The van der Waals surface area contributed by atoms with Gasteiger partial charge in [0.2, 0.25) is 0 Å². The monoisotopic (exact) mass is 268 g/mol. The van der Waals surface area contributed by atoms with Crippen LogP contribution in [0.15, 0.2) is 24.3 Å². The summed E-state index contributed by atoms with van der Waals surface area (Å²) in [6, 6.07) is 6.91. The minimum atomic E-state index is 0.0141. The first-order valence-electron chi connectivity index (χ1n) is 6.60. The van der Waals surface area contributed by atoms with Gasteiger partial charge in [-0.15, -0.1) is 0 Å². The number of hydrogen-bond acceptors (Lipinski definition) is 2. The standard InChI is InChI=1S/C15H21ClO2/c1-2-3-4-5-6-11-18-12-15(17)13-7-9-14(16)10-8-13/h7-10H,2-6,11-12H2,1H3. The highest BCUT2D eigenvalue weighted by Gasteiger charge is 2.05. The van der Waals surface area contributed by atoms with E-state index in [1.54, 1.807) is 24.3 Å². The normalized spacial score (nSPS) is 10.6. The van der Waals surface area contributed by atoms with Crippen LogP contribution in [0.2, 0.25) is 5.02 Å². The minimum absolute atomic E-state index is 0.0141. The van der Waals surface area contributed by atoms with Crippen molar-refractivity contribution in [2.24, 2.45) is 0 Å². The third-order valence-electron chi connectivity index (χ3n) is 2.79. The lowest BCUT2D eigenvalue weighted by molar-refractivity contribution is 0.0752. The molecule has 0 radical (unpaired) electrons. The van der Waals surface area contributed by atoms with Gasteiger partial charge >= 0.3 is 0 Å². The van der Waals surface area contributed by atoms with E-state index in [-0.39, 0.29) is 12.4 Å². The van der Waals surface area contributed by atoms with Gasteiger partial charge in [-0.3, -0.25) is 4.79 Å². The van der Waals surface area contributed by atoms with Crippen molar-refractivity contribution in [2.45, 2.75) is 39.0 Å².